The number of hydrogen-bond acceptors (Lipinski definition) is 2. The van der Waals surface area contributed by atoms with Crippen molar-refractivity contribution in [3.63, 3.8) is 0 Å². The van der Waals surface area contributed by atoms with Gasteiger partial charge in [-0.2, -0.15) is 0 Å². The fraction of sp³-hybridized carbons (Fsp3) is 0.545. The van der Waals surface area contributed by atoms with Gasteiger partial charge in [-0.1, -0.05) is 29.8 Å². The van der Waals surface area contributed by atoms with Gasteiger partial charge < -0.3 is 5.32 Å². The van der Waals surface area contributed by atoms with Gasteiger partial charge in [0.1, 0.15) is 0 Å². The first-order valence-electron chi connectivity index (χ1n) is 4.84. The third-order valence-electron chi connectivity index (χ3n) is 2.16. The summed E-state index contributed by atoms with van der Waals surface area (Å²) in [5.74, 6) is 0.0384. The highest BCUT2D eigenvalue weighted by Crippen LogP contribution is 2.18. The van der Waals surface area contributed by atoms with Gasteiger partial charge in [0.2, 0.25) is 0 Å². The van der Waals surface area contributed by atoms with E-state index in [1.54, 1.807) is 0 Å². The van der Waals surface area contributed by atoms with Gasteiger partial charge in [-0.05, 0) is 29.3 Å². The quantitative estimate of drug-likeness (QED) is 0.848. The van der Waals surface area contributed by atoms with E-state index in [-0.39, 0.29) is 11.3 Å². The van der Waals surface area contributed by atoms with Gasteiger partial charge in [0.05, 0.1) is 4.88 Å². The van der Waals surface area contributed by atoms with Crippen molar-refractivity contribution in [1.29, 1.82) is 0 Å². The number of carbonyl (C=O) groups excluding carboxylic acids is 1. The zero-order valence-electron chi connectivity index (χ0n) is 9.26. The fourth-order valence-corrected chi connectivity index (χ4v) is 2.09. The molecule has 1 aromatic heterocycles. The molecular formula is C11H16BrNOS. The number of amides is 1. The van der Waals surface area contributed by atoms with E-state index in [2.05, 4.69) is 35.1 Å². The highest BCUT2D eigenvalue weighted by Gasteiger charge is 2.18. The second-order valence-electron chi connectivity index (χ2n) is 4.41. The fourth-order valence-electron chi connectivity index (χ4n) is 1.05. The third-order valence-corrected chi connectivity index (χ3v) is 4.69. The van der Waals surface area contributed by atoms with Crippen molar-refractivity contribution in [3.05, 3.63) is 21.9 Å². The molecular weight excluding hydrogens is 274 g/mol. The molecule has 0 saturated heterocycles. The van der Waals surface area contributed by atoms with Gasteiger partial charge in [-0.25, -0.2) is 0 Å². The van der Waals surface area contributed by atoms with Gasteiger partial charge in [0.15, 0.2) is 0 Å². The Bertz CT molecular complexity index is 346. The van der Waals surface area contributed by atoms with Crippen LogP contribution in [0.4, 0.5) is 0 Å². The number of hydrogen-bond donors (Lipinski definition) is 1. The topological polar surface area (TPSA) is 29.1 Å². The number of halogens is 1. The zero-order valence-corrected chi connectivity index (χ0v) is 11.7. The Hall–Kier alpha value is -0.350. The van der Waals surface area contributed by atoms with Crippen molar-refractivity contribution in [2.24, 2.45) is 5.41 Å². The molecule has 15 heavy (non-hydrogen) atoms. The van der Waals surface area contributed by atoms with Crippen LogP contribution in [-0.2, 0) is 0 Å². The molecule has 0 radical (unpaired) electrons. The van der Waals surface area contributed by atoms with Crippen LogP contribution in [-0.4, -0.2) is 17.8 Å². The standard InChI is InChI=1S/C11H16BrNOS/c1-8-4-5-15-9(8)10(14)13-7-11(2,3)6-12/h4-5H,6-7H2,1-3H3,(H,13,14). The second kappa shape index (κ2) is 5.12. The minimum Gasteiger partial charge on any atom is -0.351 e. The van der Waals surface area contributed by atoms with Crippen LogP contribution >= 0.6 is 27.3 Å². The highest BCUT2D eigenvalue weighted by molar-refractivity contribution is 9.09. The van der Waals surface area contributed by atoms with Gasteiger partial charge in [0.25, 0.3) is 5.91 Å². The predicted octanol–water partition coefficient (Wildman–Crippen LogP) is 3.21. The van der Waals surface area contributed by atoms with Gasteiger partial charge in [-0.3, -0.25) is 4.79 Å². The summed E-state index contributed by atoms with van der Waals surface area (Å²) in [6, 6.07) is 1.97. The predicted molar refractivity (Wildman–Crippen MR) is 69.0 cm³/mol. The van der Waals surface area contributed by atoms with Crippen LogP contribution < -0.4 is 5.32 Å². The summed E-state index contributed by atoms with van der Waals surface area (Å²) in [5.41, 5.74) is 1.15. The minimum atomic E-state index is 0.0384. The van der Waals surface area contributed by atoms with E-state index < -0.39 is 0 Å². The Balaban J connectivity index is 2.55. The Morgan fingerprint density at radius 3 is 2.73 bits per heavy atom. The molecule has 0 saturated carbocycles. The molecule has 2 nitrogen and oxygen atoms in total. The Kier molecular flexibility index (Phi) is 4.34. The van der Waals surface area contributed by atoms with Crippen molar-refractivity contribution < 1.29 is 4.79 Å². The molecule has 0 aliphatic rings. The summed E-state index contributed by atoms with van der Waals surface area (Å²) in [4.78, 5) is 12.6. The van der Waals surface area contributed by atoms with Crippen LogP contribution in [0, 0.1) is 12.3 Å². The molecule has 0 aliphatic carbocycles. The molecule has 1 aromatic rings. The number of aryl methyl sites for hydroxylation is 1. The van der Waals surface area contributed by atoms with E-state index in [0.29, 0.717) is 6.54 Å². The molecule has 1 amide bonds. The zero-order chi connectivity index (χ0) is 11.5. The maximum absolute atomic E-state index is 11.8. The highest BCUT2D eigenvalue weighted by atomic mass is 79.9. The van der Waals surface area contributed by atoms with Crippen LogP contribution in [0.2, 0.25) is 0 Å². The first-order chi connectivity index (χ1) is 6.96. The number of alkyl halides is 1. The number of thiophene rings is 1. The van der Waals surface area contributed by atoms with Gasteiger partial charge >= 0.3 is 0 Å². The number of rotatable bonds is 4. The molecule has 0 aliphatic heterocycles. The maximum atomic E-state index is 11.8. The molecule has 0 fully saturated rings. The van der Waals surface area contributed by atoms with Crippen LogP contribution in [0.1, 0.15) is 29.1 Å². The minimum absolute atomic E-state index is 0.0384. The number of nitrogens with one attached hydrogen (secondary N) is 1. The van der Waals surface area contributed by atoms with Crippen LogP contribution in [0.25, 0.3) is 0 Å². The molecule has 0 spiro atoms. The molecule has 0 aromatic carbocycles. The van der Waals surface area contributed by atoms with Crippen molar-refractivity contribution >= 4 is 33.2 Å². The Morgan fingerprint density at radius 2 is 2.27 bits per heavy atom. The van der Waals surface area contributed by atoms with E-state index in [1.165, 1.54) is 11.3 Å². The third kappa shape index (κ3) is 3.61. The van der Waals surface area contributed by atoms with Crippen LogP contribution in [0.5, 0.6) is 0 Å². The maximum Gasteiger partial charge on any atom is 0.261 e. The summed E-state index contributed by atoms with van der Waals surface area (Å²) in [6.07, 6.45) is 0. The molecule has 1 rings (SSSR count). The van der Waals surface area contributed by atoms with E-state index in [1.807, 2.05) is 18.4 Å². The molecule has 4 heteroatoms. The molecule has 1 heterocycles. The van der Waals surface area contributed by atoms with Crippen molar-refractivity contribution in [2.75, 3.05) is 11.9 Å². The lowest BCUT2D eigenvalue weighted by Gasteiger charge is -2.21. The summed E-state index contributed by atoms with van der Waals surface area (Å²) < 4.78 is 0. The summed E-state index contributed by atoms with van der Waals surface area (Å²) in [7, 11) is 0. The summed E-state index contributed by atoms with van der Waals surface area (Å²) in [5, 5.41) is 5.78. The number of carbonyl (C=O) groups is 1. The average molecular weight is 290 g/mol. The van der Waals surface area contributed by atoms with Crippen molar-refractivity contribution in [3.8, 4) is 0 Å². The van der Waals surface area contributed by atoms with Crippen molar-refractivity contribution in [2.45, 2.75) is 20.8 Å². The smallest absolute Gasteiger partial charge is 0.261 e. The van der Waals surface area contributed by atoms with Gasteiger partial charge in [-0.15, -0.1) is 11.3 Å². The molecule has 0 unspecified atom stereocenters. The normalized spacial score (nSPS) is 11.5. The largest absolute Gasteiger partial charge is 0.351 e. The van der Waals surface area contributed by atoms with E-state index >= 15 is 0 Å². The Morgan fingerprint density at radius 1 is 1.60 bits per heavy atom. The van der Waals surface area contributed by atoms with Crippen LogP contribution in [0.15, 0.2) is 11.4 Å². The first kappa shape index (κ1) is 12.7. The monoisotopic (exact) mass is 289 g/mol. The van der Waals surface area contributed by atoms with E-state index in [0.717, 1.165) is 15.8 Å². The second-order valence-corrected chi connectivity index (χ2v) is 5.89. The lowest BCUT2D eigenvalue weighted by Crippen LogP contribution is -2.34. The van der Waals surface area contributed by atoms with Crippen molar-refractivity contribution in [1.82, 2.24) is 5.32 Å². The van der Waals surface area contributed by atoms with E-state index in [4.69, 9.17) is 0 Å². The lowest BCUT2D eigenvalue weighted by atomic mass is 9.97. The van der Waals surface area contributed by atoms with Gasteiger partial charge in [0, 0.05) is 11.9 Å². The molecule has 0 atom stereocenters. The average Bonchev–Trinajstić information content (AvgIpc) is 2.61. The summed E-state index contributed by atoms with van der Waals surface area (Å²) in [6.45, 7) is 6.88. The molecule has 0 bridgehead atoms. The summed E-state index contributed by atoms with van der Waals surface area (Å²) >= 11 is 4.93. The molecule has 84 valence electrons. The SMILES string of the molecule is Cc1ccsc1C(=O)NCC(C)(C)CBr. The van der Waals surface area contributed by atoms with E-state index in [9.17, 15) is 4.79 Å². The lowest BCUT2D eigenvalue weighted by molar-refractivity contribution is 0.0944. The van der Waals surface area contributed by atoms with Crippen LogP contribution in [0.3, 0.4) is 0 Å². The first-order valence-corrected chi connectivity index (χ1v) is 6.85. The Labute approximate surface area is 103 Å². The molecule has 1 N–H and O–H groups in total.